The van der Waals surface area contributed by atoms with Crippen LogP contribution >= 0.6 is 58.1 Å². The van der Waals surface area contributed by atoms with Crippen molar-refractivity contribution in [1.82, 2.24) is 10.2 Å². The van der Waals surface area contributed by atoms with Gasteiger partial charge in [0.1, 0.15) is 5.75 Å². The molecule has 28 heavy (non-hydrogen) atoms. The van der Waals surface area contributed by atoms with Gasteiger partial charge in [-0.2, -0.15) is 0 Å². The first-order valence-electron chi connectivity index (χ1n) is 8.00. The van der Waals surface area contributed by atoms with E-state index in [1.165, 1.54) is 28.7 Å². The van der Waals surface area contributed by atoms with Crippen molar-refractivity contribution in [3.63, 3.8) is 0 Å². The Hall–Kier alpha value is -1.45. The molecule has 3 aromatic rings. The zero-order chi connectivity index (χ0) is 19.9. The first-order valence-corrected chi connectivity index (χ1v) is 11.5. The SMILES string of the molecule is COc1ccc(CSc2nnc(SCC(=O)Nc3cc(Cl)cc(Cl)c3)s2)cc1. The van der Waals surface area contributed by atoms with Crippen molar-refractivity contribution in [2.45, 2.75) is 14.4 Å². The van der Waals surface area contributed by atoms with Crippen LogP contribution in [-0.2, 0) is 10.5 Å². The monoisotopic (exact) mass is 471 g/mol. The van der Waals surface area contributed by atoms with Crippen LogP contribution in [0.3, 0.4) is 0 Å². The van der Waals surface area contributed by atoms with Gasteiger partial charge in [0.25, 0.3) is 0 Å². The fraction of sp³-hybridized carbons (Fsp3) is 0.167. The van der Waals surface area contributed by atoms with Crippen LogP contribution in [0.1, 0.15) is 5.56 Å². The van der Waals surface area contributed by atoms with E-state index < -0.39 is 0 Å². The molecule has 0 spiro atoms. The number of halogens is 2. The number of nitrogens with one attached hydrogen (secondary N) is 1. The number of carbonyl (C=O) groups excluding carboxylic acids is 1. The minimum atomic E-state index is -0.161. The van der Waals surface area contributed by atoms with Crippen molar-refractivity contribution in [2.24, 2.45) is 0 Å². The lowest BCUT2D eigenvalue weighted by molar-refractivity contribution is -0.113. The van der Waals surface area contributed by atoms with Crippen LogP contribution < -0.4 is 10.1 Å². The van der Waals surface area contributed by atoms with Gasteiger partial charge in [0.05, 0.1) is 12.9 Å². The summed E-state index contributed by atoms with van der Waals surface area (Å²) in [5.41, 5.74) is 1.74. The molecule has 1 amide bonds. The summed E-state index contributed by atoms with van der Waals surface area (Å²) in [6.45, 7) is 0. The van der Waals surface area contributed by atoms with Crippen LogP contribution in [0, 0.1) is 0 Å². The molecule has 1 heterocycles. The highest BCUT2D eigenvalue weighted by atomic mass is 35.5. The number of carbonyl (C=O) groups is 1. The molecule has 2 aromatic carbocycles. The Morgan fingerprint density at radius 2 is 1.71 bits per heavy atom. The van der Waals surface area contributed by atoms with Crippen molar-refractivity contribution >= 4 is 69.7 Å². The summed E-state index contributed by atoms with van der Waals surface area (Å²) in [6.07, 6.45) is 0. The van der Waals surface area contributed by atoms with Crippen molar-refractivity contribution in [3.8, 4) is 5.75 Å². The summed E-state index contributed by atoms with van der Waals surface area (Å²) in [5.74, 6) is 1.69. The third-order valence-electron chi connectivity index (χ3n) is 3.38. The number of hydrogen-bond donors (Lipinski definition) is 1. The molecule has 3 rings (SSSR count). The van der Waals surface area contributed by atoms with E-state index in [1.807, 2.05) is 24.3 Å². The van der Waals surface area contributed by atoms with Crippen molar-refractivity contribution in [3.05, 3.63) is 58.1 Å². The van der Waals surface area contributed by atoms with Gasteiger partial charge < -0.3 is 10.1 Å². The van der Waals surface area contributed by atoms with E-state index in [4.69, 9.17) is 27.9 Å². The quantitative estimate of drug-likeness (QED) is 0.414. The molecule has 5 nitrogen and oxygen atoms in total. The van der Waals surface area contributed by atoms with E-state index in [2.05, 4.69) is 15.5 Å². The number of anilines is 1. The normalized spacial score (nSPS) is 10.7. The average molecular weight is 472 g/mol. The molecule has 0 aliphatic rings. The number of amides is 1. The molecule has 0 radical (unpaired) electrons. The van der Waals surface area contributed by atoms with Gasteiger partial charge in [-0.1, -0.05) is 70.2 Å². The summed E-state index contributed by atoms with van der Waals surface area (Å²) in [4.78, 5) is 12.1. The van der Waals surface area contributed by atoms with E-state index >= 15 is 0 Å². The minimum absolute atomic E-state index is 0.161. The van der Waals surface area contributed by atoms with Gasteiger partial charge in [0.2, 0.25) is 5.91 Å². The summed E-state index contributed by atoms with van der Waals surface area (Å²) < 4.78 is 6.76. The number of benzene rings is 2. The predicted octanol–water partition coefficient (Wildman–Crippen LogP) is 5.88. The van der Waals surface area contributed by atoms with E-state index in [1.54, 1.807) is 37.1 Å². The van der Waals surface area contributed by atoms with Crippen LogP contribution in [0.25, 0.3) is 0 Å². The number of hydrogen-bond acceptors (Lipinski definition) is 7. The predicted molar refractivity (Wildman–Crippen MR) is 118 cm³/mol. The van der Waals surface area contributed by atoms with Crippen molar-refractivity contribution < 1.29 is 9.53 Å². The molecule has 0 unspecified atom stereocenters. The Bertz CT molecular complexity index is 931. The summed E-state index contributed by atoms with van der Waals surface area (Å²) >= 11 is 16.3. The zero-order valence-electron chi connectivity index (χ0n) is 14.6. The minimum Gasteiger partial charge on any atom is -0.497 e. The highest BCUT2D eigenvalue weighted by molar-refractivity contribution is 8.03. The standard InChI is InChI=1S/C18H15Cl2N3O2S3/c1-25-15-4-2-11(3-5-15)9-26-17-22-23-18(28-17)27-10-16(24)21-14-7-12(19)6-13(20)8-14/h2-8H,9-10H2,1H3,(H,21,24). The Labute approximate surface area is 185 Å². The second kappa shape index (κ2) is 10.4. The molecule has 146 valence electrons. The number of nitrogens with zero attached hydrogens (tertiary/aromatic N) is 2. The van der Waals surface area contributed by atoms with Gasteiger partial charge in [-0.15, -0.1) is 10.2 Å². The molecule has 0 saturated heterocycles. The molecule has 0 saturated carbocycles. The summed E-state index contributed by atoms with van der Waals surface area (Å²) in [6, 6.07) is 12.8. The number of ether oxygens (including phenoxy) is 1. The third-order valence-corrected chi connectivity index (χ3v) is 7.08. The number of thioether (sulfide) groups is 2. The van der Waals surface area contributed by atoms with Crippen LogP contribution in [0.4, 0.5) is 5.69 Å². The molecule has 1 aromatic heterocycles. The molecular weight excluding hydrogens is 457 g/mol. The highest BCUT2D eigenvalue weighted by Crippen LogP contribution is 2.31. The fourth-order valence-electron chi connectivity index (χ4n) is 2.13. The maximum Gasteiger partial charge on any atom is 0.234 e. The molecule has 0 aliphatic heterocycles. The van der Waals surface area contributed by atoms with Crippen molar-refractivity contribution in [2.75, 3.05) is 18.2 Å². The topological polar surface area (TPSA) is 64.1 Å². The molecule has 1 N–H and O–H groups in total. The van der Waals surface area contributed by atoms with Gasteiger partial charge in [0.15, 0.2) is 8.68 Å². The Kier molecular flexibility index (Phi) is 7.87. The number of aromatic nitrogens is 2. The van der Waals surface area contributed by atoms with E-state index in [0.717, 1.165) is 20.2 Å². The zero-order valence-corrected chi connectivity index (χ0v) is 18.6. The maximum atomic E-state index is 12.1. The average Bonchev–Trinajstić information content (AvgIpc) is 3.12. The Morgan fingerprint density at radius 1 is 1.07 bits per heavy atom. The number of methoxy groups -OCH3 is 1. The molecule has 0 atom stereocenters. The Morgan fingerprint density at radius 3 is 2.36 bits per heavy atom. The smallest absolute Gasteiger partial charge is 0.234 e. The Balaban J connectivity index is 1.46. The van der Waals surface area contributed by atoms with E-state index in [9.17, 15) is 4.79 Å². The molecular formula is C18H15Cl2N3O2S3. The van der Waals surface area contributed by atoms with E-state index in [0.29, 0.717) is 15.7 Å². The number of rotatable bonds is 8. The maximum absolute atomic E-state index is 12.1. The second-order valence-electron chi connectivity index (χ2n) is 5.47. The lowest BCUT2D eigenvalue weighted by Crippen LogP contribution is -2.13. The highest BCUT2D eigenvalue weighted by Gasteiger charge is 2.10. The van der Waals surface area contributed by atoms with Gasteiger partial charge in [-0.05, 0) is 35.9 Å². The van der Waals surface area contributed by atoms with Gasteiger partial charge >= 0.3 is 0 Å². The largest absolute Gasteiger partial charge is 0.497 e. The first kappa shape index (κ1) is 21.3. The van der Waals surface area contributed by atoms with Crippen LogP contribution in [0.5, 0.6) is 5.75 Å². The van der Waals surface area contributed by atoms with E-state index in [-0.39, 0.29) is 11.7 Å². The molecule has 0 fully saturated rings. The molecule has 10 heteroatoms. The van der Waals surface area contributed by atoms with Gasteiger partial charge in [-0.3, -0.25) is 4.79 Å². The van der Waals surface area contributed by atoms with Crippen LogP contribution in [0.15, 0.2) is 51.1 Å². The fourth-order valence-corrected chi connectivity index (χ4v) is 5.43. The molecule has 0 bridgehead atoms. The van der Waals surface area contributed by atoms with Crippen molar-refractivity contribution in [1.29, 1.82) is 0 Å². The summed E-state index contributed by atoms with van der Waals surface area (Å²) in [7, 11) is 1.65. The lowest BCUT2D eigenvalue weighted by atomic mass is 10.2. The second-order valence-corrected chi connectivity index (χ2v) is 9.76. The molecule has 0 aliphatic carbocycles. The lowest BCUT2D eigenvalue weighted by Gasteiger charge is -2.05. The van der Waals surface area contributed by atoms with Crippen LogP contribution in [0.2, 0.25) is 10.0 Å². The van der Waals surface area contributed by atoms with Gasteiger partial charge in [-0.25, -0.2) is 0 Å². The van der Waals surface area contributed by atoms with Gasteiger partial charge in [0, 0.05) is 21.5 Å². The van der Waals surface area contributed by atoms with Crippen LogP contribution in [-0.4, -0.2) is 29.0 Å². The first-order chi connectivity index (χ1) is 13.5. The third kappa shape index (κ3) is 6.56. The summed E-state index contributed by atoms with van der Waals surface area (Å²) in [5, 5.41) is 12.0.